The van der Waals surface area contributed by atoms with Gasteiger partial charge in [-0.25, -0.2) is 4.79 Å². The molecule has 0 bridgehead atoms. The predicted octanol–water partition coefficient (Wildman–Crippen LogP) is 0.861. The standard InChI is InChI=1S/C20H25BN2O5/c24-16(6-5-14-3-1-4-15-13-27-21(26)17(14)15)23-11-9-20(10-12-23)19(7-2-8-19)22-18(25)28-20/h1,3-4,26H,2,5-13H2,(H,22,25). The Balaban J connectivity index is 1.21. The number of hydrogen-bond acceptors (Lipinski definition) is 5. The van der Waals surface area contributed by atoms with Crippen molar-refractivity contribution in [3.05, 3.63) is 29.3 Å². The fourth-order valence-corrected chi connectivity index (χ4v) is 5.40. The van der Waals surface area contributed by atoms with Crippen LogP contribution in [0.15, 0.2) is 18.2 Å². The second-order valence-electron chi connectivity index (χ2n) is 8.48. The molecule has 1 aromatic carbocycles. The highest BCUT2D eigenvalue weighted by molar-refractivity contribution is 6.62. The summed E-state index contributed by atoms with van der Waals surface area (Å²) in [6.45, 7) is 1.66. The van der Waals surface area contributed by atoms with E-state index in [-0.39, 0.29) is 17.5 Å². The number of nitrogens with one attached hydrogen (secondary N) is 1. The third-order valence-corrected chi connectivity index (χ3v) is 7.17. The zero-order chi connectivity index (χ0) is 19.4. The van der Waals surface area contributed by atoms with Crippen LogP contribution in [0.4, 0.5) is 4.79 Å². The molecule has 2 amide bonds. The molecule has 1 aromatic rings. The Labute approximate surface area is 164 Å². The summed E-state index contributed by atoms with van der Waals surface area (Å²) in [5.74, 6) is 0.112. The Morgan fingerprint density at radius 2 is 2.04 bits per heavy atom. The molecule has 3 fully saturated rings. The van der Waals surface area contributed by atoms with Crippen molar-refractivity contribution in [1.29, 1.82) is 0 Å². The van der Waals surface area contributed by atoms with E-state index >= 15 is 0 Å². The number of piperidine rings is 1. The molecular weight excluding hydrogens is 359 g/mol. The van der Waals surface area contributed by atoms with E-state index in [1.807, 2.05) is 23.1 Å². The van der Waals surface area contributed by atoms with Gasteiger partial charge in [-0.2, -0.15) is 0 Å². The largest absolute Gasteiger partial charge is 0.492 e. The minimum atomic E-state index is -0.889. The summed E-state index contributed by atoms with van der Waals surface area (Å²) >= 11 is 0. The average Bonchev–Trinajstić information content (AvgIpc) is 3.18. The summed E-state index contributed by atoms with van der Waals surface area (Å²) in [4.78, 5) is 26.5. The summed E-state index contributed by atoms with van der Waals surface area (Å²) in [5, 5.41) is 13.1. The fourth-order valence-electron chi connectivity index (χ4n) is 5.40. The number of carbonyl (C=O) groups is 2. The van der Waals surface area contributed by atoms with Gasteiger partial charge >= 0.3 is 13.2 Å². The number of alkyl carbamates (subject to hydrolysis) is 1. The normalized spacial score (nSPS) is 24.1. The van der Waals surface area contributed by atoms with Crippen molar-refractivity contribution in [2.75, 3.05) is 13.1 Å². The topological polar surface area (TPSA) is 88.1 Å². The zero-order valence-electron chi connectivity index (χ0n) is 15.9. The smallest absolute Gasteiger partial charge is 0.440 e. The van der Waals surface area contributed by atoms with Crippen molar-refractivity contribution < 1.29 is 24.0 Å². The van der Waals surface area contributed by atoms with Crippen LogP contribution in [-0.4, -0.2) is 53.3 Å². The lowest BCUT2D eigenvalue weighted by molar-refractivity contribution is -0.138. The molecule has 3 heterocycles. The van der Waals surface area contributed by atoms with Gasteiger partial charge in [0.15, 0.2) is 0 Å². The van der Waals surface area contributed by atoms with E-state index in [0.717, 1.165) is 35.9 Å². The molecule has 3 aliphatic heterocycles. The van der Waals surface area contributed by atoms with E-state index in [0.29, 0.717) is 45.4 Å². The highest BCUT2D eigenvalue weighted by Gasteiger charge is 2.63. The minimum absolute atomic E-state index is 0.112. The number of likely N-dealkylation sites (tertiary alicyclic amines) is 1. The lowest BCUT2D eigenvalue weighted by Gasteiger charge is -2.51. The van der Waals surface area contributed by atoms with Gasteiger partial charge in [0.05, 0.1) is 12.1 Å². The molecule has 0 atom stereocenters. The molecular formula is C20H25BN2O5. The van der Waals surface area contributed by atoms with Crippen LogP contribution < -0.4 is 10.8 Å². The number of aryl methyl sites for hydroxylation is 1. The van der Waals surface area contributed by atoms with E-state index in [1.54, 1.807) is 0 Å². The first-order chi connectivity index (χ1) is 13.5. The Kier molecular flexibility index (Phi) is 4.17. The van der Waals surface area contributed by atoms with Gasteiger partial charge in [0, 0.05) is 32.4 Å². The predicted molar refractivity (Wildman–Crippen MR) is 102 cm³/mol. The highest BCUT2D eigenvalue weighted by atomic mass is 16.6. The van der Waals surface area contributed by atoms with Gasteiger partial charge < -0.3 is 24.6 Å². The number of carbonyl (C=O) groups excluding carboxylic acids is 2. The molecule has 2 saturated heterocycles. The molecule has 0 aromatic heterocycles. The Bertz CT molecular complexity index is 817. The number of hydrogen-bond donors (Lipinski definition) is 2. The van der Waals surface area contributed by atoms with Gasteiger partial charge in [-0.3, -0.25) is 4.79 Å². The molecule has 7 nitrogen and oxygen atoms in total. The van der Waals surface area contributed by atoms with Gasteiger partial charge in [0.25, 0.3) is 0 Å². The molecule has 1 saturated carbocycles. The van der Waals surface area contributed by atoms with Gasteiger partial charge in [0.1, 0.15) is 5.60 Å². The quantitative estimate of drug-likeness (QED) is 0.755. The number of fused-ring (bicyclic) bond motifs is 2. The first-order valence-corrected chi connectivity index (χ1v) is 10.2. The first kappa shape index (κ1) is 18.0. The summed E-state index contributed by atoms with van der Waals surface area (Å²) in [7, 11) is -0.889. The highest BCUT2D eigenvalue weighted by Crippen LogP contribution is 2.51. The maximum atomic E-state index is 12.8. The van der Waals surface area contributed by atoms with Gasteiger partial charge in [-0.15, -0.1) is 0 Å². The molecule has 5 rings (SSSR count). The molecule has 0 unspecified atom stereocenters. The number of nitrogens with zero attached hydrogens (tertiary/aromatic N) is 1. The second-order valence-corrected chi connectivity index (χ2v) is 8.48. The summed E-state index contributed by atoms with van der Waals surface area (Å²) in [6.07, 6.45) is 5.13. The molecule has 4 aliphatic rings. The monoisotopic (exact) mass is 384 g/mol. The number of benzene rings is 1. The summed E-state index contributed by atoms with van der Waals surface area (Å²) in [5.41, 5.74) is 2.15. The molecule has 8 heteroatoms. The van der Waals surface area contributed by atoms with Crippen LogP contribution >= 0.6 is 0 Å². The first-order valence-electron chi connectivity index (χ1n) is 10.2. The van der Waals surface area contributed by atoms with Crippen molar-refractivity contribution in [3.63, 3.8) is 0 Å². The SMILES string of the molecule is O=C1NC2(CCC2)C2(CCN(C(=O)CCc3cccc4c3B(O)OC4)CC2)O1. The van der Waals surface area contributed by atoms with Crippen molar-refractivity contribution in [2.24, 2.45) is 0 Å². The van der Waals surface area contributed by atoms with Gasteiger partial charge in [0.2, 0.25) is 5.91 Å². The summed E-state index contributed by atoms with van der Waals surface area (Å²) < 4.78 is 11.0. The zero-order valence-corrected chi connectivity index (χ0v) is 15.9. The molecule has 2 N–H and O–H groups in total. The third kappa shape index (κ3) is 2.65. The summed E-state index contributed by atoms with van der Waals surface area (Å²) in [6, 6.07) is 5.86. The van der Waals surface area contributed by atoms with Crippen molar-refractivity contribution >= 4 is 24.6 Å². The van der Waals surface area contributed by atoms with Crippen LogP contribution in [0, 0.1) is 0 Å². The van der Waals surface area contributed by atoms with Crippen molar-refractivity contribution in [1.82, 2.24) is 10.2 Å². The maximum Gasteiger partial charge on any atom is 0.492 e. The molecule has 1 aliphatic carbocycles. The van der Waals surface area contributed by atoms with Crippen LogP contribution in [0.1, 0.15) is 49.7 Å². The van der Waals surface area contributed by atoms with Crippen LogP contribution in [0.2, 0.25) is 0 Å². The molecule has 2 spiro atoms. The number of ether oxygens (including phenoxy) is 1. The maximum absolute atomic E-state index is 12.8. The van der Waals surface area contributed by atoms with E-state index in [4.69, 9.17) is 9.39 Å². The van der Waals surface area contributed by atoms with Crippen LogP contribution in [0.5, 0.6) is 0 Å². The van der Waals surface area contributed by atoms with Crippen molar-refractivity contribution in [3.8, 4) is 0 Å². The second kappa shape index (κ2) is 6.49. The molecule has 28 heavy (non-hydrogen) atoms. The lowest BCUT2D eigenvalue weighted by atomic mass is 9.62. The van der Waals surface area contributed by atoms with Crippen LogP contribution in [0.25, 0.3) is 0 Å². The molecule has 0 radical (unpaired) electrons. The Hall–Kier alpha value is -2.06. The van der Waals surface area contributed by atoms with Crippen LogP contribution in [0.3, 0.4) is 0 Å². The van der Waals surface area contributed by atoms with Gasteiger partial charge in [-0.05, 0) is 42.3 Å². The van der Waals surface area contributed by atoms with Gasteiger partial charge in [-0.1, -0.05) is 18.2 Å². The lowest BCUT2D eigenvalue weighted by Crippen LogP contribution is -2.64. The average molecular weight is 384 g/mol. The van der Waals surface area contributed by atoms with Crippen molar-refractivity contribution in [2.45, 2.75) is 62.7 Å². The van der Waals surface area contributed by atoms with E-state index in [1.165, 1.54) is 0 Å². The fraction of sp³-hybridized carbons (Fsp3) is 0.600. The van der Waals surface area contributed by atoms with Crippen LogP contribution in [-0.2, 0) is 27.2 Å². The Morgan fingerprint density at radius 3 is 2.75 bits per heavy atom. The van der Waals surface area contributed by atoms with E-state index in [9.17, 15) is 14.6 Å². The van der Waals surface area contributed by atoms with E-state index in [2.05, 4.69) is 5.32 Å². The number of rotatable bonds is 3. The Morgan fingerprint density at radius 1 is 1.25 bits per heavy atom. The third-order valence-electron chi connectivity index (χ3n) is 7.17. The minimum Gasteiger partial charge on any atom is -0.440 e. The van der Waals surface area contributed by atoms with E-state index < -0.39 is 12.7 Å². The molecule has 148 valence electrons. The number of amides is 2.